The number of cyclic esters (lactones) is 2. The number of hydrogen-bond donors (Lipinski definition) is 1. The van der Waals surface area contributed by atoms with Crippen molar-refractivity contribution < 1.29 is 22.7 Å². The van der Waals surface area contributed by atoms with Crippen molar-refractivity contribution in [3.63, 3.8) is 0 Å². The molecular weight excluding hydrogens is 320 g/mol. The predicted molar refractivity (Wildman–Crippen MR) is 80.0 cm³/mol. The average molecular weight is 334 g/mol. The van der Waals surface area contributed by atoms with Crippen molar-refractivity contribution in [1.82, 2.24) is 9.71 Å². The highest BCUT2D eigenvalue weighted by atomic mass is 32.2. The summed E-state index contributed by atoms with van der Waals surface area (Å²) in [6.07, 6.45) is 0.561. The molecule has 1 unspecified atom stereocenters. The van der Waals surface area contributed by atoms with E-state index in [1.807, 2.05) is 6.07 Å². The van der Waals surface area contributed by atoms with Gasteiger partial charge in [-0.3, -0.25) is 0 Å². The van der Waals surface area contributed by atoms with Crippen LogP contribution in [0.2, 0.25) is 0 Å². The second-order valence-corrected chi connectivity index (χ2v) is 6.71. The third-order valence-corrected chi connectivity index (χ3v) is 4.78. The van der Waals surface area contributed by atoms with E-state index in [0.717, 1.165) is 0 Å². The highest BCUT2D eigenvalue weighted by molar-refractivity contribution is 7.89. The van der Waals surface area contributed by atoms with Crippen LogP contribution in [0.5, 0.6) is 0 Å². The first-order valence-electron chi connectivity index (χ1n) is 6.84. The van der Waals surface area contributed by atoms with Gasteiger partial charge in [0.2, 0.25) is 0 Å². The molecule has 1 aliphatic rings. The standard InChI is InChI=1S/C15H14N2O5S/c18-14-21-11-15(22-14,12-6-2-1-3-7-12)10-17-23(19,20)13-8-4-5-9-16-13/h1-9,17H,10-11H2. The number of sulfonamides is 1. The highest BCUT2D eigenvalue weighted by Gasteiger charge is 2.45. The van der Waals surface area contributed by atoms with Gasteiger partial charge in [0, 0.05) is 11.8 Å². The van der Waals surface area contributed by atoms with Crippen LogP contribution in [0, 0.1) is 0 Å². The summed E-state index contributed by atoms with van der Waals surface area (Å²) in [5.41, 5.74) is -0.547. The number of benzene rings is 1. The molecule has 8 heteroatoms. The first kappa shape index (κ1) is 15.4. The largest absolute Gasteiger partial charge is 0.509 e. The number of carbonyl (C=O) groups excluding carboxylic acids is 1. The maximum absolute atomic E-state index is 12.3. The van der Waals surface area contributed by atoms with Gasteiger partial charge in [-0.05, 0) is 12.1 Å². The van der Waals surface area contributed by atoms with Gasteiger partial charge in [0.1, 0.15) is 6.61 Å². The lowest BCUT2D eigenvalue weighted by atomic mass is 9.95. The Balaban J connectivity index is 1.85. The van der Waals surface area contributed by atoms with Crippen LogP contribution in [0.15, 0.2) is 59.8 Å². The van der Waals surface area contributed by atoms with Crippen LogP contribution in [0.4, 0.5) is 4.79 Å². The summed E-state index contributed by atoms with van der Waals surface area (Å²) >= 11 is 0. The number of ether oxygens (including phenoxy) is 2. The molecule has 2 aromatic rings. The maximum Gasteiger partial charge on any atom is 0.509 e. The monoisotopic (exact) mass is 334 g/mol. The highest BCUT2D eigenvalue weighted by Crippen LogP contribution is 2.31. The van der Waals surface area contributed by atoms with Gasteiger partial charge in [0.15, 0.2) is 10.6 Å². The summed E-state index contributed by atoms with van der Waals surface area (Å²) in [7, 11) is -3.82. The number of carbonyl (C=O) groups is 1. The second-order valence-electron chi connectivity index (χ2n) is 4.99. The molecule has 2 heterocycles. The van der Waals surface area contributed by atoms with Crippen molar-refractivity contribution in [2.24, 2.45) is 0 Å². The third kappa shape index (κ3) is 3.17. The van der Waals surface area contributed by atoms with Gasteiger partial charge in [-0.2, -0.15) is 0 Å². The van der Waals surface area contributed by atoms with E-state index in [0.29, 0.717) is 5.56 Å². The molecule has 0 bridgehead atoms. The smallest absolute Gasteiger partial charge is 0.430 e. The molecule has 0 saturated carbocycles. The first-order valence-corrected chi connectivity index (χ1v) is 8.32. The van der Waals surface area contributed by atoms with E-state index in [-0.39, 0.29) is 18.2 Å². The van der Waals surface area contributed by atoms with Crippen LogP contribution in [0.25, 0.3) is 0 Å². The van der Waals surface area contributed by atoms with Crippen LogP contribution in [0.1, 0.15) is 5.56 Å². The molecule has 1 aromatic heterocycles. The van der Waals surface area contributed by atoms with Crippen molar-refractivity contribution in [2.45, 2.75) is 10.6 Å². The van der Waals surface area contributed by atoms with Gasteiger partial charge in [-0.15, -0.1) is 0 Å². The Morgan fingerprint density at radius 2 is 1.87 bits per heavy atom. The molecule has 1 N–H and O–H groups in total. The minimum Gasteiger partial charge on any atom is -0.430 e. The molecule has 1 saturated heterocycles. The Labute approximate surface area is 133 Å². The van der Waals surface area contributed by atoms with Gasteiger partial charge in [-0.1, -0.05) is 36.4 Å². The van der Waals surface area contributed by atoms with Gasteiger partial charge in [0.25, 0.3) is 10.0 Å². The van der Waals surface area contributed by atoms with Crippen molar-refractivity contribution in [2.75, 3.05) is 13.2 Å². The molecule has 0 aliphatic carbocycles. The van der Waals surface area contributed by atoms with E-state index in [9.17, 15) is 13.2 Å². The number of hydrogen-bond acceptors (Lipinski definition) is 6. The Hall–Kier alpha value is -2.45. The summed E-state index contributed by atoms with van der Waals surface area (Å²) in [5.74, 6) is 0. The SMILES string of the molecule is O=C1OCC(CNS(=O)(=O)c2ccccn2)(c2ccccc2)O1. The van der Waals surface area contributed by atoms with E-state index < -0.39 is 21.8 Å². The van der Waals surface area contributed by atoms with E-state index in [1.54, 1.807) is 36.4 Å². The molecule has 23 heavy (non-hydrogen) atoms. The minimum atomic E-state index is -3.82. The van der Waals surface area contributed by atoms with Crippen molar-refractivity contribution in [3.8, 4) is 0 Å². The lowest BCUT2D eigenvalue weighted by Crippen LogP contribution is -2.42. The molecule has 0 spiro atoms. The summed E-state index contributed by atoms with van der Waals surface area (Å²) in [6, 6.07) is 13.4. The number of nitrogens with zero attached hydrogens (tertiary/aromatic N) is 1. The topological polar surface area (TPSA) is 94.6 Å². The van der Waals surface area contributed by atoms with Crippen LogP contribution < -0.4 is 4.72 Å². The Morgan fingerprint density at radius 1 is 1.13 bits per heavy atom. The lowest BCUT2D eigenvalue weighted by molar-refractivity contribution is 0.0582. The molecule has 1 aromatic carbocycles. The maximum atomic E-state index is 12.3. The fourth-order valence-electron chi connectivity index (χ4n) is 2.26. The fourth-order valence-corrected chi connectivity index (χ4v) is 3.29. The lowest BCUT2D eigenvalue weighted by Gasteiger charge is -2.25. The van der Waals surface area contributed by atoms with Crippen LogP contribution in [-0.4, -0.2) is 32.7 Å². The molecule has 7 nitrogen and oxygen atoms in total. The average Bonchev–Trinajstić information content (AvgIpc) is 2.97. The van der Waals surface area contributed by atoms with Gasteiger partial charge in [0.05, 0.1) is 6.54 Å². The molecule has 1 atom stereocenters. The summed E-state index contributed by atoms with van der Waals surface area (Å²) in [6.45, 7) is -0.220. The van der Waals surface area contributed by atoms with E-state index in [1.165, 1.54) is 12.3 Å². The van der Waals surface area contributed by atoms with Crippen molar-refractivity contribution in [1.29, 1.82) is 0 Å². The predicted octanol–water partition coefficient (Wildman–Crippen LogP) is 1.42. The normalized spacial score (nSPS) is 20.8. The minimum absolute atomic E-state index is 0.0689. The van der Waals surface area contributed by atoms with E-state index in [4.69, 9.17) is 9.47 Å². The quantitative estimate of drug-likeness (QED) is 0.831. The zero-order valence-electron chi connectivity index (χ0n) is 12.0. The zero-order chi connectivity index (χ0) is 16.3. The number of rotatable bonds is 5. The molecule has 0 amide bonds. The van der Waals surface area contributed by atoms with Crippen LogP contribution in [0.3, 0.4) is 0 Å². The third-order valence-electron chi connectivity index (χ3n) is 3.46. The van der Waals surface area contributed by atoms with Crippen LogP contribution >= 0.6 is 0 Å². The first-order chi connectivity index (χ1) is 11.0. The Bertz CT molecular complexity index is 795. The van der Waals surface area contributed by atoms with Crippen molar-refractivity contribution in [3.05, 3.63) is 60.3 Å². The molecule has 1 aliphatic heterocycles. The number of pyridine rings is 1. The summed E-state index contributed by atoms with van der Waals surface area (Å²) in [4.78, 5) is 15.2. The zero-order valence-corrected chi connectivity index (χ0v) is 12.8. The van der Waals surface area contributed by atoms with Gasteiger partial charge >= 0.3 is 6.16 Å². The summed E-state index contributed by atoms with van der Waals surface area (Å²) < 4.78 is 37.1. The van der Waals surface area contributed by atoms with Gasteiger partial charge in [-0.25, -0.2) is 22.9 Å². The van der Waals surface area contributed by atoms with E-state index in [2.05, 4.69) is 9.71 Å². The Kier molecular flexibility index (Phi) is 4.01. The molecule has 1 fully saturated rings. The molecule has 0 radical (unpaired) electrons. The molecule has 3 rings (SSSR count). The number of nitrogens with one attached hydrogen (secondary N) is 1. The van der Waals surface area contributed by atoms with E-state index >= 15 is 0 Å². The summed E-state index contributed by atoms with van der Waals surface area (Å²) in [5, 5.41) is -0.103. The fraction of sp³-hybridized carbons (Fsp3) is 0.200. The van der Waals surface area contributed by atoms with Crippen LogP contribution in [-0.2, 0) is 25.1 Å². The van der Waals surface area contributed by atoms with Gasteiger partial charge < -0.3 is 9.47 Å². The van der Waals surface area contributed by atoms with Crippen molar-refractivity contribution >= 4 is 16.2 Å². The molecule has 120 valence electrons. The Morgan fingerprint density at radius 3 is 2.48 bits per heavy atom. The number of aromatic nitrogens is 1. The second kappa shape index (κ2) is 5.98. The molecular formula is C15H14N2O5S.